The van der Waals surface area contributed by atoms with Gasteiger partial charge in [-0.1, -0.05) is 72.6 Å². The number of anilines is 1. The first-order valence-electron chi connectivity index (χ1n) is 12.3. The van der Waals surface area contributed by atoms with Crippen LogP contribution in [0.25, 0.3) is 0 Å². The van der Waals surface area contributed by atoms with E-state index in [-0.39, 0.29) is 38.8 Å². The molecule has 0 aliphatic carbocycles. The molecule has 2 atom stereocenters. The topological polar surface area (TPSA) is 86.8 Å². The number of rotatable bonds is 11. The second kappa shape index (κ2) is 13.3. The van der Waals surface area contributed by atoms with Crippen molar-refractivity contribution < 1.29 is 22.4 Å². The lowest BCUT2D eigenvalue weighted by Gasteiger charge is -2.32. The Labute approximate surface area is 238 Å². The van der Waals surface area contributed by atoms with Crippen molar-refractivity contribution in [3.8, 4) is 0 Å². The monoisotopic (exact) mass is 593 g/mol. The summed E-state index contributed by atoms with van der Waals surface area (Å²) < 4.78 is 43.0. The lowest BCUT2D eigenvalue weighted by atomic mass is 10.1. The van der Waals surface area contributed by atoms with E-state index in [0.717, 1.165) is 9.21 Å². The van der Waals surface area contributed by atoms with Gasteiger partial charge < -0.3 is 10.2 Å². The Hall–Kier alpha value is -3.14. The molecule has 0 aliphatic heterocycles. The van der Waals surface area contributed by atoms with Gasteiger partial charge in [0.25, 0.3) is 10.0 Å². The van der Waals surface area contributed by atoms with Crippen LogP contribution in [0.4, 0.5) is 10.1 Å². The average Bonchev–Trinajstić information content (AvgIpc) is 2.92. The van der Waals surface area contributed by atoms with Gasteiger partial charge in [0.15, 0.2) is 0 Å². The Kier molecular flexibility index (Phi) is 10.4. The first kappa shape index (κ1) is 30.4. The maximum atomic E-state index is 14.6. The van der Waals surface area contributed by atoms with Gasteiger partial charge in [-0.3, -0.25) is 13.9 Å². The second-order valence-electron chi connectivity index (χ2n) is 9.00. The predicted molar refractivity (Wildman–Crippen MR) is 152 cm³/mol. The van der Waals surface area contributed by atoms with E-state index in [4.69, 9.17) is 23.2 Å². The van der Waals surface area contributed by atoms with E-state index in [9.17, 15) is 22.4 Å². The van der Waals surface area contributed by atoms with Gasteiger partial charge in [0.05, 0.1) is 20.6 Å². The SMILES string of the molecule is CC[C@@H](C)NC(=O)[C@H](C)N(Cc1ccccc1F)C(=O)CN(c1cccc(Cl)c1Cl)S(=O)(=O)c1ccccc1. The van der Waals surface area contributed by atoms with Crippen LogP contribution in [-0.4, -0.2) is 43.8 Å². The Morgan fingerprint density at radius 2 is 1.59 bits per heavy atom. The minimum atomic E-state index is -4.30. The normalized spacial score (nSPS) is 12.9. The quantitative estimate of drug-likeness (QED) is 0.311. The van der Waals surface area contributed by atoms with Gasteiger partial charge in [-0.25, -0.2) is 12.8 Å². The Morgan fingerprint density at radius 3 is 2.23 bits per heavy atom. The third kappa shape index (κ3) is 7.29. The van der Waals surface area contributed by atoms with Crippen LogP contribution in [-0.2, 0) is 26.2 Å². The van der Waals surface area contributed by atoms with Gasteiger partial charge in [-0.05, 0) is 50.6 Å². The fraction of sp³-hybridized carbons (Fsp3) is 0.286. The van der Waals surface area contributed by atoms with Gasteiger partial charge in [-0.2, -0.15) is 0 Å². The molecule has 0 aliphatic rings. The van der Waals surface area contributed by atoms with Gasteiger partial charge in [0.1, 0.15) is 18.4 Å². The largest absolute Gasteiger partial charge is 0.352 e. The highest BCUT2D eigenvalue weighted by Gasteiger charge is 2.34. The van der Waals surface area contributed by atoms with E-state index in [2.05, 4.69) is 5.32 Å². The van der Waals surface area contributed by atoms with E-state index >= 15 is 0 Å². The fourth-order valence-corrected chi connectivity index (χ4v) is 5.67. The van der Waals surface area contributed by atoms with Crippen LogP contribution in [0.15, 0.2) is 77.7 Å². The van der Waals surface area contributed by atoms with Crippen molar-refractivity contribution in [2.45, 2.75) is 50.7 Å². The Balaban J connectivity index is 2.07. The molecule has 0 saturated heterocycles. The zero-order valence-corrected chi connectivity index (χ0v) is 24.1. The highest BCUT2D eigenvalue weighted by molar-refractivity contribution is 7.92. The van der Waals surface area contributed by atoms with E-state index < -0.39 is 40.2 Å². The van der Waals surface area contributed by atoms with Crippen LogP contribution in [0, 0.1) is 5.82 Å². The minimum Gasteiger partial charge on any atom is -0.352 e. The van der Waals surface area contributed by atoms with Gasteiger partial charge in [0.2, 0.25) is 11.8 Å². The lowest BCUT2D eigenvalue weighted by Crippen LogP contribution is -2.52. The van der Waals surface area contributed by atoms with Crippen molar-refractivity contribution in [3.63, 3.8) is 0 Å². The molecule has 39 heavy (non-hydrogen) atoms. The van der Waals surface area contributed by atoms with E-state index in [1.54, 1.807) is 24.3 Å². The zero-order valence-electron chi connectivity index (χ0n) is 21.8. The molecule has 11 heteroatoms. The van der Waals surface area contributed by atoms with Crippen LogP contribution in [0.5, 0.6) is 0 Å². The van der Waals surface area contributed by atoms with E-state index in [0.29, 0.717) is 6.42 Å². The fourth-order valence-electron chi connectivity index (χ4n) is 3.78. The summed E-state index contributed by atoms with van der Waals surface area (Å²) in [5.41, 5.74) is 0.163. The molecule has 0 heterocycles. The summed E-state index contributed by atoms with van der Waals surface area (Å²) in [4.78, 5) is 28.0. The maximum absolute atomic E-state index is 14.6. The average molecular weight is 595 g/mol. The number of amides is 2. The summed E-state index contributed by atoms with van der Waals surface area (Å²) in [6, 6.07) is 16.7. The Bertz CT molecular complexity index is 1420. The third-order valence-corrected chi connectivity index (χ3v) is 8.86. The van der Waals surface area contributed by atoms with E-state index in [1.165, 1.54) is 55.5 Å². The summed E-state index contributed by atoms with van der Waals surface area (Å²) in [6.45, 7) is 4.26. The molecular weight excluding hydrogens is 564 g/mol. The summed E-state index contributed by atoms with van der Waals surface area (Å²) >= 11 is 12.6. The van der Waals surface area contributed by atoms with Crippen molar-refractivity contribution in [1.82, 2.24) is 10.2 Å². The molecule has 3 aromatic carbocycles. The van der Waals surface area contributed by atoms with Gasteiger partial charge in [-0.15, -0.1) is 0 Å². The molecule has 0 saturated carbocycles. The van der Waals surface area contributed by atoms with Crippen molar-refractivity contribution >= 4 is 50.7 Å². The summed E-state index contributed by atoms with van der Waals surface area (Å²) in [6.07, 6.45) is 0.663. The van der Waals surface area contributed by atoms with Crippen molar-refractivity contribution in [2.24, 2.45) is 0 Å². The number of hydrogen-bond acceptors (Lipinski definition) is 4. The van der Waals surface area contributed by atoms with Gasteiger partial charge in [0, 0.05) is 18.2 Å². The number of carbonyl (C=O) groups is 2. The second-order valence-corrected chi connectivity index (χ2v) is 11.7. The predicted octanol–water partition coefficient (Wildman–Crippen LogP) is 5.66. The number of nitrogens with one attached hydrogen (secondary N) is 1. The minimum absolute atomic E-state index is 0.0103. The Morgan fingerprint density at radius 1 is 0.949 bits per heavy atom. The van der Waals surface area contributed by atoms with Crippen molar-refractivity contribution in [3.05, 3.63) is 94.2 Å². The van der Waals surface area contributed by atoms with E-state index in [1.807, 2.05) is 13.8 Å². The molecule has 3 aromatic rings. The number of hydrogen-bond donors (Lipinski definition) is 1. The molecule has 0 radical (unpaired) electrons. The lowest BCUT2D eigenvalue weighted by molar-refractivity contribution is -0.139. The summed E-state index contributed by atoms with van der Waals surface area (Å²) in [5.74, 6) is -1.75. The molecular formula is C28H30Cl2FN3O4S. The summed E-state index contributed by atoms with van der Waals surface area (Å²) in [7, 11) is -4.30. The smallest absolute Gasteiger partial charge is 0.264 e. The van der Waals surface area contributed by atoms with Crippen LogP contribution >= 0.6 is 23.2 Å². The molecule has 7 nitrogen and oxygen atoms in total. The highest BCUT2D eigenvalue weighted by Crippen LogP contribution is 2.35. The van der Waals surface area contributed by atoms with Crippen molar-refractivity contribution in [2.75, 3.05) is 10.8 Å². The molecule has 0 bridgehead atoms. The molecule has 0 unspecified atom stereocenters. The molecule has 0 aromatic heterocycles. The van der Waals surface area contributed by atoms with Crippen molar-refractivity contribution in [1.29, 1.82) is 0 Å². The molecule has 0 fully saturated rings. The van der Waals surface area contributed by atoms with Crippen LogP contribution in [0.1, 0.15) is 32.8 Å². The highest BCUT2D eigenvalue weighted by atomic mass is 35.5. The van der Waals surface area contributed by atoms with Crippen LogP contribution < -0.4 is 9.62 Å². The first-order valence-corrected chi connectivity index (χ1v) is 14.5. The number of benzene rings is 3. The van der Waals surface area contributed by atoms with Crippen LogP contribution in [0.2, 0.25) is 10.0 Å². The number of halogens is 3. The molecule has 1 N–H and O–H groups in total. The standard InChI is InChI=1S/C28H30Cl2FN3O4S/c1-4-19(2)32-28(36)20(3)33(17-21-11-8-9-15-24(21)31)26(35)18-34(25-16-10-14-23(29)27(25)30)39(37,38)22-12-6-5-7-13-22/h5-16,19-20H,4,17-18H2,1-3H3,(H,32,36)/t19-,20+/m1/s1. The molecule has 208 valence electrons. The summed E-state index contributed by atoms with van der Waals surface area (Å²) in [5, 5.41) is 2.86. The molecule has 2 amide bonds. The van der Waals surface area contributed by atoms with Crippen LogP contribution in [0.3, 0.4) is 0 Å². The molecule has 0 spiro atoms. The molecule has 3 rings (SSSR count). The first-order chi connectivity index (χ1) is 18.5. The maximum Gasteiger partial charge on any atom is 0.264 e. The third-order valence-electron chi connectivity index (χ3n) is 6.28. The number of carbonyl (C=O) groups excluding carboxylic acids is 2. The number of nitrogens with zero attached hydrogens (tertiary/aromatic N) is 2. The number of sulfonamides is 1. The zero-order chi connectivity index (χ0) is 28.7. The van der Waals surface area contributed by atoms with Gasteiger partial charge >= 0.3 is 0 Å².